The van der Waals surface area contributed by atoms with Gasteiger partial charge in [-0.1, -0.05) is 41.9 Å². The topological polar surface area (TPSA) is 34.4 Å². The molecule has 0 fully saturated rings. The number of halogens is 1. The van der Waals surface area contributed by atoms with Gasteiger partial charge < -0.3 is 0 Å². The summed E-state index contributed by atoms with van der Waals surface area (Å²) in [6.45, 7) is 0. The number of imidazole rings is 1. The summed E-state index contributed by atoms with van der Waals surface area (Å²) in [6, 6.07) is 12.5. The smallest absolute Gasteiger partial charge is 0.196 e. The van der Waals surface area contributed by atoms with E-state index < -0.39 is 0 Å². The maximum atomic E-state index is 12.4. The van der Waals surface area contributed by atoms with Crippen molar-refractivity contribution >= 4 is 23.0 Å². The summed E-state index contributed by atoms with van der Waals surface area (Å²) < 4.78 is 1.69. The van der Waals surface area contributed by atoms with Gasteiger partial charge in [-0.15, -0.1) is 0 Å². The number of carbonyl (C=O) groups is 1. The normalized spacial score (nSPS) is 10.7. The number of ketones is 1. The lowest BCUT2D eigenvalue weighted by atomic mass is 10.0. The van der Waals surface area contributed by atoms with Gasteiger partial charge in [0.15, 0.2) is 5.78 Å². The second-order valence-corrected chi connectivity index (χ2v) is 4.27. The molecule has 0 aliphatic heterocycles. The van der Waals surface area contributed by atoms with Crippen molar-refractivity contribution in [2.45, 2.75) is 0 Å². The zero-order valence-electron chi connectivity index (χ0n) is 9.38. The Labute approximate surface area is 109 Å². The molecule has 1 aromatic carbocycles. The molecule has 0 bridgehead atoms. The highest BCUT2D eigenvalue weighted by Crippen LogP contribution is 2.19. The lowest BCUT2D eigenvalue weighted by molar-refractivity contribution is 0.104. The third-order valence-electron chi connectivity index (χ3n) is 2.78. The Balaban J connectivity index is 2.19. The zero-order valence-corrected chi connectivity index (χ0v) is 10.1. The summed E-state index contributed by atoms with van der Waals surface area (Å²) in [5.74, 6) is -0.0523. The highest BCUT2D eigenvalue weighted by atomic mass is 35.5. The summed E-state index contributed by atoms with van der Waals surface area (Å²) in [4.78, 5) is 16.6. The fraction of sp³-hybridized carbons (Fsp3) is 0. The molecule has 88 valence electrons. The molecule has 0 unspecified atom stereocenters. The first-order valence-electron chi connectivity index (χ1n) is 5.49. The number of carbonyl (C=O) groups excluding carboxylic acids is 1. The predicted molar refractivity (Wildman–Crippen MR) is 70.1 cm³/mol. The molecule has 0 aliphatic carbocycles. The molecular weight excluding hydrogens is 248 g/mol. The van der Waals surface area contributed by atoms with E-state index in [1.165, 1.54) is 0 Å². The van der Waals surface area contributed by atoms with E-state index in [1.54, 1.807) is 41.1 Å². The molecule has 2 heterocycles. The maximum absolute atomic E-state index is 12.4. The lowest BCUT2D eigenvalue weighted by Gasteiger charge is -2.04. The van der Waals surface area contributed by atoms with Gasteiger partial charge >= 0.3 is 0 Å². The van der Waals surface area contributed by atoms with Crippen LogP contribution in [0.3, 0.4) is 0 Å². The van der Waals surface area contributed by atoms with Gasteiger partial charge in [-0.25, -0.2) is 4.98 Å². The molecule has 0 saturated carbocycles. The molecule has 3 aromatic rings. The van der Waals surface area contributed by atoms with Crippen molar-refractivity contribution in [3.8, 4) is 0 Å². The second kappa shape index (κ2) is 4.27. The second-order valence-electron chi connectivity index (χ2n) is 3.89. The number of hydrogen-bond acceptors (Lipinski definition) is 2. The van der Waals surface area contributed by atoms with E-state index in [2.05, 4.69) is 4.98 Å². The maximum Gasteiger partial charge on any atom is 0.196 e. The van der Waals surface area contributed by atoms with Crippen LogP contribution in [0.15, 0.2) is 54.9 Å². The van der Waals surface area contributed by atoms with Crippen molar-refractivity contribution < 1.29 is 4.79 Å². The molecule has 3 nitrogen and oxygen atoms in total. The predicted octanol–water partition coefficient (Wildman–Crippen LogP) is 3.22. The highest BCUT2D eigenvalue weighted by Gasteiger charge is 2.14. The van der Waals surface area contributed by atoms with Crippen LogP contribution in [-0.4, -0.2) is 15.2 Å². The largest absolute Gasteiger partial charge is 0.290 e. The van der Waals surface area contributed by atoms with E-state index in [0.29, 0.717) is 21.9 Å². The van der Waals surface area contributed by atoms with Crippen molar-refractivity contribution in [2.24, 2.45) is 0 Å². The fourth-order valence-corrected chi connectivity index (χ4v) is 2.10. The van der Waals surface area contributed by atoms with Crippen molar-refractivity contribution in [3.05, 3.63) is 71.1 Å². The van der Waals surface area contributed by atoms with Crippen LogP contribution in [0.4, 0.5) is 0 Å². The summed E-state index contributed by atoms with van der Waals surface area (Å²) in [7, 11) is 0. The van der Waals surface area contributed by atoms with Crippen LogP contribution in [0, 0.1) is 0 Å². The number of nitrogens with zero attached hydrogens (tertiary/aromatic N) is 2. The van der Waals surface area contributed by atoms with Crippen LogP contribution in [0.5, 0.6) is 0 Å². The Kier molecular flexibility index (Phi) is 2.61. The van der Waals surface area contributed by atoms with E-state index in [9.17, 15) is 4.79 Å². The fourth-order valence-electron chi connectivity index (χ4n) is 1.90. The first kappa shape index (κ1) is 11.0. The van der Waals surface area contributed by atoms with E-state index in [1.807, 2.05) is 18.2 Å². The van der Waals surface area contributed by atoms with Gasteiger partial charge in [0.2, 0.25) is 0 Å². The third-order valence-corrected chi connectivity index (χ3v) is 3.09. The van der Waals surface area contributed by atoms with Crippen LogP contribution in [0.25, 0.3) is 5.65 Å². The molecular formula is C14H9ClN2O. The number of pyridine rings is 1. The first-order chi connectivity index (χ1) is 8.77. The molecule has 0 N–H and O–H groups in total. The summed E-state index contributed by atoms with van der Waals surface area (Å²) >= 11 is 6.03. The molecule has 0 saturated heterocycles. The van der Waals surface area contributed by atoms with Crippen molar-refractivity contribution in [1.82, 2.24) is 9.38 Å². The Morgan fingerprint density at radius 3 is 2.67 bits per heavy atom. The van der Waals surface area contributed by atoms with Gasteiger partial charge in [-0.05, 0) is 12.1 Å². The van der Waals surface area contributed by atoms with Gasteiger partial charge in [0, 0.05) is 18.0 Å². The van der Waals surface area contributed by atoms with Gasteiger partial charge in [-0.3, -0.25) is 9.20 Å². The third kappa shape index (κ3) is 1.69. The minimum atomic E-state index is -0.0523. The zero-order chi connectivity index (χ0) is 12.5. The van der Waals surface area contributed by atoms with E-state index in [-0.39, 0.29) is 5.78 Å². The first-order valence-corrected chi connectivity index (χ1v) is 5.86. The minimum absolute atomic E-state index is 0.0523. The number of benzene rings is 1. The molecule has 0 radical (unpaired) electrons. The Bertz CT molecular complexity index is 719. The molecule has 3 rings (SSSR count). The number of rotatable bonds is 2. The monoisotopic (exact) mass is 256 g/mol. The number of aromatic nitrogens is 2. The van der Waals surface area contributed by atoms with Crippen LogP contribution in [0.2, 0.25) is 5.15 Å². The Morgan fingerprint density at radius 1 is 1.11 bits per heavy atom. The summed E-state index contributed by atoms with van der Waals surface area (Å²) in [5.41, 5.74) is 1.77. The average Bonchev–Trinajstić information content (AvgIpc) is 2.90. The van der Waals surface area contributed by atoms with Gasteiger partial charge in [0.05, 0.1) is 5.56 Å². The average molecular weight is 257 g/mol. The van der Waals surface area contributed by atoms with Crippen molar-refractivity contribution in [1.29, 1.82) is 0 Å². The minimum Gasteiger partial charge on any atom is -0.290 e. The highest BCUT2D eigenvalue weighted by molar-refractivity contribution is 6.30. The van der Waals surface area contributed by atoms with Crippen LogP contribution in [-0.2, 0) is 0 Å². The van der Waals surface area contributed by atoms with Gasteiger partial charge in [-0.2, -0.15) is 0 Å². The van der Waals surface area contributed by atoms with Crippen molar-refractivity contribution in [2.75, 3.05) is 0 Å². The Hall–Kier alpha value is -2.13. The lowest BCUT2D eigenvalue weighted by Crippen LogP contribution is -2.04. The molecule has 0 spiro atoms. The SMILES string of the molecule is O=C(c1ccccc1)c1ccc(Cl)n2ccnc12. The summed E-state index contributed by atoms with van der Waals surface area (Å²) in [6.07, 6.45) is 3.36. The molecule has 0 aliphatic rings. The quantitative estimate of drug-likeness (QED) is 0.521. The molecule has 4 heteroatoms. The number of hydrogen-bond donors (Lipinski definition) is 0. The van der Waals surface area contributed by atoms with E-state index in [4.69, 9.17) is 11.6 Å². The molecule has 0 amide bonds. The van der Waals surface area contributed by atoms with E-state index in [0.717, 1.165) is 0 Å². The van der Waals surface area contributed by atoms with Crippen LogP contribution >= 0.6 is 11.6 Å². The van der Waals surface area contributed by atoms with Gasteiger partial charge in [0.25, 0.3) is 0 Å². The van der Waals surface area contributed by atoms with E-state index >= 15 is 0 Å². The number of fused-ring (bicyclic) bond motifs is 1. The standard InChI is InChI=1S/C14H9ClN2O/c15-12-7-6-11(14-16-8-9-17(12)14)13(18)10-4-2-1-3-5-10/h1-9H. The van der Waals surface area contributed by atoms with Crippen LogP contribution < -0.4 is 0 Å². The molecule has 0 atom stereocenters. The van der Waals surface area contributed by atoms with Crippen LogP contribution in [0.1, 0.15) is 15.9 Å². The van der Waals surface area contributed by atoms with Gasteiger partial charge in [0.1, 0.15) is 10.8 Å². The van der Waals surface area contributed by atoms with Crippen molar-refractivity contribution in [3.63, 3.8) is 0 Å². The molecule has 2 aromatic heterocycles. The summed E-state index contributed by atoms with van der Waals surface area (Å²) in [5, 5.41) is 0.534. The molecule has 18 heavy (non-hydrogen) atoms. The Morgan fingerprint density at radius 2 is 1.89 bits per heavy atom.